The fourth-order valence-electron chi connectivity index (χ4n) is 4.16. The van der Waals surface area contributed by atoms with E-state index in [0.29, 0.717) is 33.9 Å². The maximum absolute atomic E-state index is 12.7. The molecular formula is C24H26Cl2N4O2S2. The highest BCUT2D eigenvalue weighted by Gasteiger charge is 2.27. The number of nitrogens with one attached hydrogen (secondary N) is 2. The second-order valence-corrected chi connectivity index (χ2v) is 10.5. The summed E-state index contributed by atoms with van der Waals surface area (Å²) >= 11 is 19.6. The first-order chi connectivity index (χ1) is 16.3. The van der Waals surface area contributed by atoms with E-state index in [0.717, 1.165) is 58.9 Å². The van der Waals surface area contributed by atoms with Gasteiger partial charge in [0.25, 0.3) is 0 Å². The smallest absolute Gasteiger partial charge is 0.341 e. The number of hydrogen-bond donors (Lipinski definition) is 2. The molecule has 34 heavy (non-hydrogen) atoms. The zero-order chi connectivity index (χ0) is 24.4. The SMILES string of the molecule is CCOC(=O)c1c(NC(=S)Nc2c(C)nn(Cc3ccc(Cl)cc3Cl)c2C)sc2c1CCCC2. The molecule has 1 aromatic carbocycles. The summed E-state index contributed by atoms with van der Waals surface area (Å²) in [6.45, 7) is 6.56. The summed E-state index contributed by atoms with van der Waals surface area (Å²) in [5.74, 6) is -0.299. The molecule has 2 aromatic heterocycles. The number of carbonyl (C=O) groups excluding carboxylic acids is 1. The normalized spacial score (nSPS) is 12.9. The average molecular weight is 538 g/mol. The number of aromatic nitrogens is 2. The molecule has 10 heteroatoms. The van der Waals surface area contributed by atoms with E-state index in [2.05, 4.69) is 15.7 Å². The van der Waals surface area contributed by atoms with Gasteiger partial charge in [0, 0.05) is 14.9 Å². The molecule has 0 aliphatic heterocycles. The first-order valence-electron chi connectivity index (χ1n) is 11.2. The van der Waals surface area contributed by atoms with Gasteiger partial charge in [0.1, 0.15) is 5.00 Å². The summed E-state index contributed by atoms with van der Waals surface area (Å²) < 4.78 is 7.22. The molecule has 1 aliphatic carbocycles. The van der Waals surface area contributed by atoms with E-state index < -0.39 is 0 Å². The third kappa shape index (κ3) is 5.25. The zero-order valence-corrected chi connectivity index (χ0v) is 22.4. The molecule has 2 N–H and O–H groups in total. The van der Waals surface area contributed by atoms with Gasteiger partial charge in [0.05, 0.1) is 35.8 Å². The van der Waals surface area contributed by atoms with Gasteiger partial charge < -0.3 is 15.4 Å². The number of esters is 1. The third-order valence-electron chi connectivity index (χ3n) is 5.83. The number of carbonyl (C=O) groups is 1. The monoisotopic (exact) mass is 536 g/mol. The number of rotatable bonds is 6. The van der Waals surface area contributed by atoms with E-state index in [1.165, 1.54) is 4.88 Å². The molecule has 0 saturated carbocycles. The molecule has 3 aromatic rings. The predicted molar refractivity (Wildman–Crippen MR) is 144 cm³/mol. The van der Waals surface area contributed by atoms with Crippen LogP contribution < -0.4 is 10.6 Å². The lowest BCUT2D eigenvalue weighted by Gasteiger charge is -2.13. The van der Waals surface area contributed by atoms with Gasteiger partial charge >= 0.3 is 5.97 Å². The van der Waals surface area contributed by atoms with Crippen LogP contribution >= 0.6 is 46.8 Å². The van der Waals surface area contributed by atoms with Crippen molar-refractivity contribution in [2.24, 2.45) is 0 Å². The van der Waals surface area contributed by atoms with Crippen LogP contribution in [0.5, 0.6) is 0 Å². The Bertz CT molecular complexity index is 1250. The van der Waals surface area contributed by atoms with Gasteiger partial charge in [0.15, 0.2) is 5.11 Å². The van der Waals surface area contributed by atoms with Crippen molar-refractivity contribution in [1.82, 2.24) is 9.78 Å². The first-order valence-corrected chi connectivity index (χ1v) is 13.1. The van der Waals surface area contributed by atoms with Crippen molar-refractivity contribution >= 4 is 68.5 Å². The Balaban J connectivity index is 1.54. The summed E-state index contributed by atoms with van der Waals surface area (Å²) in [7, 11) is 0. The van der Waals surface area contributed by atoms with E-state index in [1.807, 2.05) is 37.6 Å². The van der Waals surface area contributed by atoms with Crippen LogP contribution in [-0.2, 0) is 24.1 Å². The van der Waals surface area contributed by atoms with E-state index in [9.17, 15) is 4.79 Å². The van der Waals surface area contributed by atoms with Crippen molar-refractivity contribution in [3.05, 3.63) is 61.2 Å². The van der Waals surface area contributed by atoms with Crippen molar-refractivity contribution < 1.29 is 9.53 Å². The van der Waals surface area contributed by atoms with Gasteiger partial charge in [-0.1, -0.05) is 29.3 Å². The summed E-state index contributed by atoms with van der Waals surface area (Å²) in [4.78, 5) is 14.0. The topological polar surface area (TPSA) is 68.2 Å². The molecule has 0 radical (unpaired) electrons. The molecule has 0 spiro atoms. The number of halogens is 2. The van der Waals surface area contributed by atoms with Crippen LogP contribution in [0.2, 0.25) is 10.0 Å². The van der Waals surface area contributed by atoms with Gasteiger partial charge in [0.2, 0.25) is 0 Å². The molecule has 0 bridgehead atoms. The van der Waals surface area contributed by atoms with E-state index in [1.54, 1.807) is 17.4 Å². The van der Waals surface area contributed by atoms with Crippen LogP contribution in [0.4, 0.5) is 10.7 Å². The van der Waals surface area contributed by atoms with Crippen molar-refractivity contribution in [3.63, 3.8) is 0 Å². The lowest BCUT2D eigenvalue weighted by Crippen LogP contribution is -2.21. The Morgan fingerprint density at radius 1 is 1.24 bits per heavy atom. The zero-order valence-electron chi connectivity index (χ0n) is 19.3. The third-order valence-corrected chi connectivity index (χ3v) is 7.83. The summed E-state index contributed by atoms with van der Waals surface area (Å²) in [5, 5.41) is 13.5. The molecule has 0 amide bonds. The molecule has 6 nitrogen and oxygen atoms in total. The second kappa shape index (κ2) is 10.6. The van der Waals surface area contributed by atoms with E-state index in [-0.39, 0.29) is 5.97 Å². The minimum atomic E-state index is -0.299. The van der Waals surface area contributed by atoms with E-state index in [4.69, 9.17) is 40.2 Å². The largest absolute Gasteiger partial charge is 0.462 e. The highest BCUT2D eigenvalue weighted by atomic mass is 35.5. The fraction of sp³-hybridized carbons (Fsp3) is 0.375. The number of thiocarbonyl (C=S) groups is 1. The number of benzene rings is 1. The molecule has 180 valence electrons. The number of anilines is 2. The minimum Gasteiger partial charge on any atom is -0.462 e. The van der Waals surface area contributed by atoms with Crippen LogP contribution in [-0.4, -0.2) is 27.5 Å². The van der Waals surface area contributed by atoms with Crippen LogP contribution in [0.15, 0.2) is 18.2 Å². The van der Waals surface area contributed by atoms with Crippen LogP contribution in [0.3, 0.4) is 0 Å². The second-order valence-electron chi connectivity index (χ2n) is 8.15. The van der Waals surface area contributed by atoms with Crippen molar-refractivity contribution in [2.45, 2.75) is 53.0 Å². The van der Waals surface area contributed by atoms with Gasteiger partial charge in [-0.25, -0.2) is 4.79 Å². The maximum Gasteiger partial charge on any atom is 0.341 e. The molecule has 0 fully saturated rings. The Labute approximate surface area is 218 Å². The Morgan fingerprint density at radius 3 is 2.74 bits per heavy atom. The number of thiophene rings is 1. The Morgan fingerprint density at radius 2 is 2.00 bits per heavy atom. The van der Waals surface area contributed by atoms with Gasteiger partial charge in [-0.15, -0.1) is 11.3 Å². The van der Waals surface area contributed by atoms with Crippen molar-refractivity contribution in [2.75, 3.05) is 17.2 Å². The molecule has 1 aliphatic rings. The molecule has 4 rings (SSSR count). The lowest BCUT2D eigenvalue weighted by atomic mass is 9.95. The van der Waals surface area contributed by atoms with E-state index >= 15 is 0 Å². The highest BCUT2D eigenvalue weighted by Crippen LogP contribution is 2.38. The maximum atomic E-state index is 12.7. The minimum absolute atomic E-state index is 0.299. The number of hydrogen-bond acceptors (Lipinski definition) is 5. The van der Waals surface area contributed by atoms with Gasteiger partial charge in [-0.3, -0.25) is 4.68 Å². The van der Waals surface area contributed by atoms with Crippen LogP contribution in [0.1, 0.15) is 57.5 Å². The van der Waals surface area contributed by atoms with Crippen LogP contribution in [0, 0.1) is 13.8 Å². The Hall–Kier alpha value is -2.13. The highest BCUT2D eigenvalue weighted by molar-refractivity contribution is 7.80. The predicted octanol–water partition coefficient (Wildman–Crippen LogP) is 6.78. The number of ether oxygens (including phenoxy) is 1. The Kier molecular flexibility index (Phi) is 7.82. The molecular weight excluding hydrogens is 511 g/mol. The quantitative estimate of drug-likeness (QED) is 0.267. The van der Waals surface area contributed by atoms with Crippen molar-refractivity contribution in [1.29, 1.82) is 0 Å². The van der Waals surface area contributed by atoms with Gasteiger partial charge in [-0.05, 0) is 81.9 Å². The number of aryl methyl sites for hydroxylation is 2. The summed E-state index contributed by atoms with van der Waals surface area (Å²) in [6.07, 6.45) is 4.08. The number of fused-ring (bicyclic) bond motifs is 1. The lowest BCUT2D eigenvalue weighted by molar-refractivity contribution is 0.0526. The first kappa shape index (κ1) is 25.0. The molecule has 2 heterocycles. The molecule has 0 unspecified atom stereocenters. The molecule has 0 saturated heterocycles. The summed E-state index contributed by atoms with van der Waals surface area (Å²) in [6, 6.07) is 5.44. The van der Waals surface area contributed by atoms with Crippen molar-refractivity contribution in [3.8, 4) is 0 Å². The van der Waals surface area contributed by atoms with Crippen LogP contribution in [0.25, 0.3) is 0 Å². The average Bonchev–Trinajstić information content (AvgIpc) is 3.27. The molecule has 0 atom stereocenters. The van der Waals surface area contributed by atoms with Gasteiger partial charge in [-0.2, -0.15) is 5.10 Å². The fourth-order valence-corrected chi connectivity index (χ4v) is 6.18. The summed E-state index contributed by atoms with van der Waals surface area (Å²) in [5.41, 5.74) is 5.19. The number of nitrogens with zero attached hydrogens (tertiary/aromatic N) is 2. The standard InChI is InChI=1S/C24H26Cl2N4O2S2/c1-4-32-23(31)20-17-7-5-6-8-19(17)34-22(20)28-24(33)27-21-13(2)29-30(14(21)3)12-15-9-10-16(25)11-18(15)26/h9-11H,4-8,12H2,1-3H3,(H2,27,28,33).